The number of carbonyl (C=O) groups excluding carboxylic acids is 3. The molecule has 4 rings (SSSR count). The number of benzene rings is 3. The van der Waals surface area contributed by atoms with Crippen molar-refractivity contribution in [2.45, 2.75) is 79.1 Å². The second kappa shape index (κ2) is 16.9. The normalized spacial score (nSPS) is 18.8. The SMILES string of the molecule is CC(C(=O)NC(CC(O)C(CC(=O)COc1c(C(O)(O)O)cccc1C(O)(O)O)C(O)(O)c1ccccc1)C(O)(O)c1ccccc1)N1C(=O)NC(O)(O)C(O)(O)C1(O)O. The number of nitrogens with one attached hydrogen (secondary N) is 2. The van der Waals surface area contributed by atoms with Crippen molar-refractivity contribution in [1.29, 1.82) is 0 Å². The van der Waals surface area contributed by atoms with Crippen molar-refractivity contribution in [2.75, 3.05) is 6.61 Å². The maximum atomic E-state index is 13.7. The number of para-hydroxylation sites is 1. The van der Waals surface area contributed by atoms with Crippen molar-refractivity contribution in [3.05, 3.63) is 101 Å². The lowest BCUT2D eigenvalue weighted by Gasteiger charge is -2.52. The molecule has 0 radical (unpaired) electrons. The number of carbonyl (C=O) groups is 3. The number of hydrogen-bond acceptors (Lipinski definition) is 21. The Morgan fingerprint density at radius 2 is 1.20 bits per heavy atom. The van der Waals surface area contributed by atoms with Crippen molar-refractivity contribution in [2.24, 2.45) is 5.92 Å². The molecule has 1 saturated heterocycles. The Hall–Kier alpha value is -4.81. The monoisotopic (exact) mass is 855 g/mol. The molecule has 0 spiro atoms. The third kappa shape index (κ3) is 9.55. The van der Waals surface area contributed by atoms with Gasteiger partial charge < -0.3 is 96.9 Å². The molecular weight excluding hydrogens is 810 g/mol. The number of Topliss-reactive ketones (excluding diaryl/α,β-unsaturated/α-hetero) is 1. The summed E-state index contributed by atoms with van der Waals surface area (Å²) in [6, 6.07) is 8.81. The summed E-state index contributed by atoms with van der Waals surface area (Å²) < 4.78 is 5.23. The Kier molecular flexibility index (Phi) is 13.5. The maximum Gasteiger partial charge on any atom is 0.326 e. The molecule has 0 aliphatic carbocycles. The van der Waals surface area contributed by atoms with Gasteiger partial charge in [-0.15, -0.1) is 0 Å². The first-order valence-corrected chi connectivity index (χ1v) is 17.5. The van der Waals surface area contributed by atoms with Crippen molar-refractivity contribution in [3.8, 4) is 5.75 Å². The van der Waals surface area contributed by atoms with Crippen LogP contribution in [0.1, 0.15) is 42.0 Å². The van der Waals surface area contributed by atoms with Crippen LogP contribution in [-0.2, 0) is 33.1 Å². The zero-order chi connectivity index (χ0) is 45.4. The molecule has 1 heterocycles. The fourth-order valence-corrected chi connectivity index (χ4v) is 6.43. The molecule has 0 aromatic heterocycles. The van der Waals surface area contributed by atoms with Gasteiger partial charge in [0.15, 0.2) is 11.6 Å². The van der Waals surface area contributed by atoms with Gasteiger partial charge in [0.2, 0.25) is 11.7 Å². The fraction of sp³-hybridized carbons (Fsp3) is 0.417. The van der Waals surface area contributed by atoms with Crippen LogP contribution in [-0.4, -0.2) is 152 Å². The molecule has 1 aliphatic rings. The standard InChI is InChI=1S/C36H45N3O21/c1-18(39-29(43)38-35(56,57)34(54,55)36(39,58)59)28(42)37-26(31(46,47)20-11-6-3-7-12-20)16-25(41)24(30(44,45)19-9-4-2-5-10-19)15-21(40)17-60-27-22(32(48,49)50)13-8-14-23(27)33(51,52)53/h2-14,18,24-26,41,44-59H,15-17H2,1H3,(H,37,42)(H,38,43). The number of rotatable bonds is 17. The summed E-state index contributed by atoms with van der Waals surface area (Å²) in [7, 11) is 0. The topological polar surface area (TPSA) is 432 Å². The van der Waals surface area contributed by atoms with Crippen LogP contribution in [0.25, 0.3) is 0 Å². The molecule has 330 valence electrons. The highest BCUT2D eigenvalue weighted by Crippen LogP contribution is 2.39. The van der Waals surface area contributed by atoms with E-state index in [1.807, 2.05) is 5.32 Å². The molecular formula is C36H45N3O21. The molecule has 0 bridgehead atoms. The van der Waals surface area contributed by atoms with E-state index in [0.717, 1.165) is 49.4 Å². The van der Waals surface area contributed by atoms with Crippen molar-refractivity contribution < 1.29 is 106 Å². The molecule has 3 aromatic rings. The van der Waals surface area contributed by atoms with Gasteiger partial charge in [-0.2, -0.15) is 0 Å². The molecule has 3 amide bonds. The number of ketones is 1. The minimum Gasteiger partial charge on any atom is -0.485 e. The summed E-state index contributed by atoms with van der Waals surface area (Å²) in [5, 5.41) is 181. The minimum absolute atomic E-state index is 0.359. The number of nitrogens with zero attached hydrogens (tertiary/aromatic N) is 1. The zero-order valence-corrected chi connectivity index (χ0v) is 31.1. The van der Waals surface area contributed by atoms with Gasteiger partial charge in [-0.1, -0.05) is 66.7 Å². The first-order chi connectivity index (χ1) is 27.4. The number of hydrogen-bond donors (Lipinski definition) is 19. The molecule has 1 fully saturated rings. The summed E-state index contributed by atoms with van der Waals surface area (Å²) in [6.45, 7) is -0.520. The molecule has 24 nitrogen and oxygen atoms in total. The van der Waals surface area contributed by atoms with Gasteiger partial charge in [0.05, 0.1) is 29.2 Å². The van der Waals surface area contributed by atoms with Crippen molar-refractivity contribution >= 4 is 17.7 Å². The summed E-state index contributed by atoms with van der Waals surface area (Å²) in [5.41, 5.74) is -2.77. The Bertz CT molecular complexity index is 1960. The Labute approximate surface area is 337 Å². The van der Waals surface area contributed by atoms with Gasteiger partial charge in [0.1, 0.15) is 18.4 Å². The van der Waals surface area contributed by atoms with Crippen LogP contribution in [0.3, 0.4) is 0 Å². The minimum atomic E-state index is -4.41. The highest BCUT2D eigenvalue weighted by Gasteiger charge is 2.71. The van der Waals surface area contributed by atoms with E-state index in [-0.39, 0.29) is 10.5 Å². The number of ether oxygens (including phenoxy) is 1. The second-order valence-corrected chi connectivity index (χ2v) is 14.1. The van der Waals surface area contributed by atoms with Gasteiger partial charge in [-0.25, -0.2) is 4.79 Å². The van der Waals surface area contributed by atoms with Crippen LogP contribution in [0, 0.1) is 5.92 Å². The van der Waals surface area contributed by atoms with Gasteiger partial charge in [-0.05, 0) is 25.5 Å². The maximum absolute atomic E-state index is 13.7. The summed E-state index contributed by atoms with van der Waals surface area (Å²) in [5.74, 6) is -32.8. The van der Waals surface area contributed by atoms with Crippen molar-refractivity contribution in [3.63, 3.8) is 0 Å². The lowest BCUT2D eigenvalue weighted by molar-refractivity contribution is -0.495. The van der Waals surface area contributed by atoms with Crippen LogP contribution in [0.15, 0.2) is 78.9 Å². The van der Waals surface area contributed by atoms with Crippen LogP contribution in [0.4, 0.5) is 4.79 Å². The smallest absolute Gasteiger partial charge is 0.326 e. The van der Waals surface area contributed by atoms with Crippen LogP contribution in [0.5, 0.6) is 5.75 Å². The van der Waals surface area contributed by atoms with E-state index in [0.29, 0.717) is 0 Å². The van der Waals surface area contributed by atoms with E-state index in [2.05, 4.69) is 0 Å². The highest BCUT2D eigenvalue weighted by molar-refractivity contribution is 5.88. The fourth-order valence-electron chi connectivity index (χ4n) is 6.43. The van der Waals surface area contributed by atoms with E-state index in [4.69, 9.17) is 4.74 Å². The molecule has 0 saturated carbocycles. The molecule has 3 aromatic carbocycles. The predicted molar refractivity (Wildman–Crippen MR) is 191 cm³/mol. The van der Waals surface area contributed by atoms with Crippen molar-refractivity contribution in [1.82, 2.24) is 15.5 Å². The molecule has 4 atom stereocenters. The van der Waals surface area contributed by atoms with E-state index in [1.54, 1.807) is 0 Å². The summed E-state index contributed by atoms with van der Waals surface area (Å²) >= 11 is 0. The van der Waals surface area contributed by atoms with Crippen LogP contribution < -0.4 is 15.4 Å². The Morgan fingerprint density at radius 1 is 0.733 bits per heavy atom. The van der Waals surface area contributed by atoms with Gasteiger partial charge >= 0.3 is 35.6 Å². The Morgan fingerprint density at radius 3 is 1.67 bits per heavy atom. The number of aliphatic hydroxyl groups excluding tert-OH is 1. The number of urea groups is 1. The lowest BCUT2D eigenvalue weighted by Crippen LogP contribution is -2.86. The quantitative estimate of drug-likeness (QED) is 0.0561. The average molecular weight is 856 g/mol. The van der Waals surface area contributed by atoms with E-state index < -0.39 is 125 Å². The third-order valence-corrected chi connectivity index (χ3v) is 9.78. The number of amides is 3. The third-order valence-electron chi connectivity index (χ3n) is 9.78. The zero-order valence-electron chi connectivity index (χ0n) is 31.1. The molecule has 60 heavy (non-hydrogen) atoms. The van der Waals surface area contributed by atoms with Gasteiger partial charge in [-0.3, -0.25) is 19.8 Å². The van der Waals surface area contributed by atoms with Crippen LogP contribution >= 0.6 is 0 Å². The van der Waals surface area contributed by atoms with E-state index >= 15 is 0 Å². The largest absolute Gasteiger partial charge is 0.485 e. The molecule has 24 heteroatoms. The summed E-state index contributed by atoms with van der Waals surface area (Å²) in [4.78, 5) is 39.5. The first kappa shape index (κ1) is 47.9. The Balaban J connectivity index is 1.73. The highest BCUT2D eigenvalue weighted by atomic mass is 16.7. The molecule has 4 unspecified atom stereocenters. The second-order valence-electron chi connectivity index (χ2n) is 14.1. The summed E-state index contributed by atoms with van der Waals surface area (Å²) in [6.07, 6.45) is -4.64. The average Bonchev–Trinajstić information content (AvgIpc) is 3.14. The predicted octanol–water partition coefficient (Wildman–Crippen LogP) is -6.90. The first-order valence-electron chi connectivity index (χ1n) is 17.5. The van der Waals surface area contributed by atoms with E-state index in [9.17, 15) is 101 Å². The lowest BCUT2D eigenvalue weighted by atomic mass is 9.80. The van der Waals surface area contributed by atoms with E-state index in [1.165, 1.54) is 41.7 Å². The van der Waals surface area contributed by atoms with Gasteiger partial charge in [0.25, 0.3) is 0 Å². The molecule has 19 N–H and O–H groups in total. The number of aliphatic hydroxyl groups is 17. The van der Waals surface area contributed by atoms with Crippen LogP contribution in [0.2, 0.25) is 0 Å². The van der Waals surface area contributed by atoms with Gasteiger partial charge in [0, 0.05) is 17.5 Å². The molecule has 1 aliphatic heterocycles.